The van der Waals surface area contributed by atoms with Gasteiger partial charge < -0.3 is 4.84 Å². The second kappa shape index (κ2) is 9.43. The Bertz CT molecular complexity index is 930. The third-order valence-corrected chi connectivity index (χ3v) is 6.03. The summed E-state index contributed by atoms with van der Waals surface area (Å²) in [5.41, 5.74) is -5.58. The van der Waals surface area contributed by atoms with Crippen LogP contribution in [0.5, 0.6) is 0 Å². The van der Waals surface area contributed by atoms with Gasteiger partial charge in [-0.15, -0.1) is 0 Å². The molecule has 0 saturated heterocycles. The van der Waals surface area contributed by atoms with Gasteiger partial charge in [0.1, 0.15) is 6.61 Å². The number of anilines is 1. The van der Waals surface area contributed by atoms with Crippen molar-refractivity contribution >= 4 is 56.4 Å². The van der Waals surface area contributed by atoms with E-state index in [1.807, 2.05) is 12.2 Å². The van der Waals surface area contributed by atoms with Gasteiger partial charge in [0.25, 0.3) is 0 Å². The van der Waals surface area contributed by atoms with E-state index in [2.05, 4.69) is 5.16 Å². The standard InChI is InChI=1S/C16H15Cl2F3N2O3S2/c1-10(22-26-9-12-4-2-3-5-15(18)27-12)13-8-11(17)6-7-14(13)23-28(24,25)16(19,20)21/h4-8,23H,2-3,9H2,1H3/b22-10+. The van der Waals surface area contributed by atoms with E-state index >= 15 is 0 Å². The van der Waals surface area contributed by atoms with Crippen molar-refractivity contribution in [2.24, 2.45) is 5.16 Å². The van der Waals surface area contributed by atoms with Crippen LogP contribution in [0.3, 0.4) is 0 Å². The van der Waals surface area contributed by atoms with Crippen LogP contribution in [0.1, 0.15) is 25.3 Å². The molecule has 2 rings (SSSR count). The largest absolute Gasteiger partial charge is 0.516 e. The van der Waals surface area contributed by atoms with Crippen LogP contribution in [0.2, 0.25) is 5.02 Å². The highest BCUT2D eigenvalue weighted by atomic mass is 35.5. The topological polar surface area (TPSA) is 67.8 Å². The van der Waals surface area contributed by atoms with Gasteiger partial charge in [0, 0.05) is 15.5 Å². The second-order valence-electron chi connectivity index (χ2n) is 5.55. The molecule has 1 aliphatic rings. The molecule has 0 unspecified atom stereocenters. The fraction of sp³-hybridized carbons (Fsp3) is 0.312. The molecule has 0 spiro atoms. The maximum atomic E-state index is 12.6. The molecular weight excluding hydrogens is 460 g/mol. The molecule has 1 aliphatic heterocycles. The van der Waals surface area contributed by atoms with Gasteiger partial charge in [-0.1, -0.05) is 52.3 Å². The molecule has 0 amide bonds. The molecular formula is C16H15Cl2F3N2O3S2. The van der Waals surface area contributed by atoms with Crippen LogP contribution in [0, 0.1) is 0 Å². The van der Waals surface area contributed by atoms with Crippen molar-refractivity contribution in [2.75, 3.05) is 11.3 Å². The van der Waals surface area contributed by atoms with Gasteiger partial charge in [-0.3, -0.25) is 4.72 Å². The van der Waals surface area contributed by atoms with E-state index in [-0.39, 0.29) is 28.6 Å². The molecule has 1 aromatic rings. The van der Waals surface area contributed by atoms with E-state index in [1.54, 1.807) is 0 Å². The smallest absolute Gasteiger partial charge is 0.390 e. The zero-order valence-corrected chi connectivity index (χ0v) is 17.5. The molecule has 154 valence electrons. The monoisotopic (exact) mass is 474 g/mol. The third-order valence-electron chi connectivity index (χ3n) is 3.40. The highest BCUT2D eigenvalue weighted by Gasteiger charge is 2.46. The Morgan fingerprint density at radius 2 is 1.96 bits per heavy atom. The lowest BCUT2D eigenvalue weighted by molar-refractivity contribution is -0.0429. The molecule has 28 heavy (non-hydrogen) atoms. The van der Waals surface area contributed by atoms with E-state index in [1.165, 1.54) is 35.5 Å². The summed E-state index contributed by atoms with van der Waals surface area (Å²) in [4.78, 5) is 6.09. The van der Waals surface area contributed by atoms with Crippen molar-refractivity contribution < 1.29 is 26.4 Å². The SMILES string of the molecule is C/C(=N\OCC1=CCCC=C(Cl)S1)c1cc(Cl)ccc1NS(=O)(=O)C(F)(F)F. The molecule has 0 aromatic heterocycles. The van der Waals surface area contributed by atoms with Crippen LogP contribution in [-0.2, 0) is 14.9 Å². The number of oxime groups is 1. The minimum atomic E-state index is -5.59. The first kappa shape index (κ1) is 22.9. The number of alkyl halides is 3. The zero-order chi connectivity index (χ0) is 20.9. The fourth-order valence-electron chi connectivity index (χ4n) is 2.09. The molecule has 0 bridgehead atoms. The van der Waals surface area contributed by atoms with Crippen LogP contribution in [0.4, 0.5) is 18.9 Å². The molecule has 0 aliphatic carbocycles. The van der Waals surface area contributed by atoms with Gasteiger partial charge in [-0.2, -0.15) is 21.6 Å². The second-order valence-corrected chi connectivity index (χ2v) is 9.46. The van der Waals surface area contributed by atoms with Crippen molar-refractivity contribution in [3.8, 4) is 0 Å². The summed E-state index contributed by atoms with van der Waals surface area (Å²) in [6.45, 7) is 1.56. The Morgan fingerprint density at radius 1 is 1.29 bits per heavy atom. The first-order valence-electron chi connectivity index (χ1n) is 7.78. The highest BCUT2D eigenvalue weighted by Crippen LogP contribution is 2.32. The van der Waals surface area contributed by atoms with Crippen molar-refractivity contribution in [3.63, 3.8) is 0 Å². The predicted molar refractivity (Wildman–Crippen MR) is 107 cm³/mol. The van der Waals surface area contributed by atoms with Crippen molar-refractivity contribution in [1.82, 2.24) is 0 Å². The Hall–Kier alpha value is -1.36. The maximum Gasteiger partial charge on any atom is 0.516 e. The van der Waals surface area contributed by atoms with Crippen LogP contribution in [0.25, 0.3) is 0 Å². The van der Waals surface area contributed by atoms with E-state index in [4.69, 9.17) is 28.0 Å². The summed E-state index contributed by atoms with van der Waals surface area (Å²) in [7, 11) is -5.59. The Morgan fingerprint density at radius 3 is 2.64 bits per heavy atom. The third kappa shape index (κ3) is 6.33. The Labute approximate surface area is 174 Å². The van der Waals surface area contributed by atoms with Crippen LogP contribution in [-0.4, -0.2) is 26.2 Å². The molecule has 12 heteroatoms. The summed E-state index contributed by atoms with van der Waals surface area (Å²) in [5, 5.41) is 4.06. The maximum absolute atomic E-state index is 12.6. The van der Waals surface area contributed by atoms with Gasteiger partial charge >= 0.3 is 15.5 Å². The van der Waals surface area contributed by atoms with Gasteiger partial charge in [0.15, 0.2) is 0 Å². The normalized spacial score (nSPS) is 16.1. The summed E-state index contributed by atoms with van der Waals surface area (Å²) >= 11 is 13.2. The summed E-state index contributed by atoms with van der Waals surface area (Å²) in [6.07, 6.45) is 5.43. The minimum Gasteiger partial charge on any atom is -0.390 e. The van der Waals surface area contributed by atoms with Gasteiger partial charge in [-0.25, -0.2) is 0 Å². The highest BCUT2D eigenvalue weighted by molar-refractivity contribution is 8.08. The van der Waals surface area contributed by atoms with Crippen LogP contribution >= 0.6 is 35.0 Å². The average Bonchev–Trinajstić information content (AvgIpc) is 2.79. The van der Waals surface area contributed by atoms with Crippen molar-refractivity contribution in [1.29, 1.82) is 0 Å². The lowest BCUT2D eigenvalue weighted by Gasteiger charge is -2.14. The number of halogens is 5. The van der Waals surface area contributed by atoms with Crippen LogP contribution < -0.4 is 4.72 Å². The molecule has 0 radical (unpaired) electrons. The number of hydrogen-bond acceptors (Lipinski definition) is 5. The lowest BCUT2D eigenvalue weighted by atomic mass is 10.1. The van der Waals surface area contributed by atoms with Gasteiger partial charge in [-0.05, 0) is 38.0 Å². The van der Waals surface area contributed by atoms with Crippen molar-refractivity contribution in [3.05, 3.63) is 50.2 Å². The molecule has 1 N–H and O–H groups in total. The minimum absolute atomic E-state index is 0.0563. The number of nitrogens with one attached hydrogen (secondary N) is 1. The van der Waals surface area contributed by atoms with Crippen LogP contribution in [0.15, 0.2) is 44.8 Å². The van der Waals surface area contributed by atoms with E-state index in [0.717, 1.165) is 23.8 Å². The number of rotatable bonds is 6. The summed E-state index contributed by atoms with van der Waals surface area (Å²) in [5.74, 6) is 0. The zero-order valence-electron chi connectivity index (χ0n) is 14.4. The average molecular weight is 475 g/mol. The molecule has 5 nitrogen and oxygen atoms in total. The molecule has 0 saturated carbocycles. The van der Waals surface area contributed by atoms with Gasteiger partial charge in [0.05, 0.1) is 15.8 Å². The number of thioether (sulfide) groups is 1. The number of allylic oxidation sites excluding steroid dienone is 2. The fourth-order valence-corrected chi connectivity index (χ4v) is 4.01. The van der Waals surface area contributed by atoms with Gasteiger partial charge in [0.2, 0.25) is 0 Å². The summed E-state index contributed by atoms with van der Waals surface area (Å²) < 4.78 is 62.9. The number of sulfonamides is 1. The van der Waals surface area contributed by atoms with E-state index in [9.17, 15) is 21.6 Å². The first-order valence-corrected chi connectivity index (χ1v) is 10.8. The Kier molecular flexibility index (Phi) is 7.72. The Balaban J connectivity index is 2.19. The summed E-state index contributed by atoms with van der Waals surface area (Å²) in [6, 6.07) is 3.67. The predicted octanol–water partition coefficient (Wildman–Crippen LogP) is 5.83. The van der Waals surface area contributed by atoms with E-state index in [0.29, 0.717) is 4.36 Å². The lowest BCUT2D eigenvalue weighted by Crippen LogP contribution is -2.30. The number of nitrogens with zero attached hydrogens (tertiary/aromatic N) is 1. The first-order chi connectivity index (χ1) is 13.0. The quantitative estimate of drug-likeness (QED) is 0.415. The number of hydrogen-bond donors (Lipinski definition) is 1. The molecule has 1 heterocycles. The van der Waals surface area contributed by atoms with Crippen molar-refractivity contribution in [2.45, 2.75) is 25.3 Å². The molecule has 1 aromatic carbocycles. The molecule has 0 fully saturated rings. The molecule has 0 atom stereocenters. The number of benzene rings is 1. The van der Waals surface area contributed by atoms with E-state index < -0.39 is 15.5 Å².